The van der Waals surface area contributed by atoms with E-state index in [9.17, 15) is 19.7 Å². The lowest BCUT2D eigenvalue weighted by molar-refractivity contribution is -0.525. The molecule has 4 fully saturated rings. The Morgan fingerprint density at radius 1 is 1.12 bits per heavy atom. The van der Waals surface area contributed by atoms with Gasteiger partial charge in [0.25, 0.3) is 5.96 Å². The average molecular weight is 714 g/mol. The van der Waals surface area contributed by atoms with Gasteiger partial charge in [-0.2, -0.15) is 0 Å². The maximum absolute atomic E-state index is 14.0. The van der Waals surface area contributed by atoms with Crippen LogP contribution in [0, 0.1) is 39.2 Å². The van der Waals surface area contributed by atoms with Crippen molar-refractivity contribution in [3.05, 3.63) is 39.9 Å². The summed E-state index contributed by atoms with van der Waals surface area (Å²) >= 11 is 0. The Balaban J connectivity index is 0.00000702. The van der Waals surface area contributed by atoms with Crippen molar-refractivity contribution in [3.8, 4) is 5.75 Å². The fourth-order valence-corrected chi connectivity index (χ4v) is 8.28. The lowest BCUT2D eigenvalue weighted by Crippen LogP contribution is -2.65. The topological polar surface area (TPSA) is 167 Å². The molecule has 2 bridgehead atoms. The largest absolute Gasteiger partial charge is 0.494 e. The number of nitrogens with two attached hydrogens (primary N) is 1. The van der Waals surface area contributed by atoms with Crippen LogP contribution in [-0.2, 0) is 25.3 Å². The van der Waals surface area contributed by atoms with E-state index in [1.165, 1.54) is 19.3 Å². The summed E-state index contributed by atoms with van der Waals surface area (Å²) in [6, 6.07) is 7.58. The Hall–Kier alpha value is -3.19. The second kappa shape index (κ2) is 19.1. The summed E-state index contributed by atoms with van der Waals surface area (Å²) in [5.74, 6) is 0.472. The van der Waals surface area contributed by atoms with Gasteiger partial charge < -0.3 is 25.1 Å². The molecule has 1 aromatic carbocycles. The third-order valence-corrected chi connectivity index (χ3v) is 11.2. The van der Waals surface area contributed by atoms with Crippen molar-refractivity contribution in [2.45, 2.75) is 144 Å². The second-order valence-corrected chi connectivity index (χ2v) is 15.9. The summed E-state index contributed by atoms with van der Waals surface area (Å²) < 4.78 is 19.2. The summed E-state index contributed by atoms with van der Waals surface area (Å²) in [6.45, 7) is 14.1. The molecule has 1 amide bonds. The Kier molecular flexibility index (Phi) is 15.8. The standard InChI is InChI=1S/C37H60BN5O7.CH4/c1-7-8-9-10-11-19-48-30-16-14-26(15-17-30)21-29(44)22-27(13-12-18-40-35(39)42-43(46)47)34(45)41-33(20-25(2)3)38-49-32-24-28-23-31(36(28,4)5)37(32,6)50-38;/h14-17,25,27-28,31-33H,7-13,18-24H2,1-6H3,(H,41,45)(H3,39,40,42);1H4/t27-,28+,31+,32-,33+,37+;/m1./s1. The number of hydrogen-bond acceptors (Lipinski definition) is 8. The highest BCUT2D eigenvalue weighted by Gasteiger charge is 2.68. The monoisotopic (exact) mass is 713 g/mol. The zero-order valence-electron chi connectivity index (χ0n) is 31.1. The first-order chi connectivity index (χ1) is 23.7. The van der Waals surface area contributed by atoms with Gasteiger partial charge in [-0.3, -0.25) is 9.59 Å². The van der Waals surface area contributed by atoms with E-state index in [0.29, 0.717) is 37.7 Å². The molecule has 0 radical (unpaired) electrons. The summed E-state index contributed by atoms with van der Waals surface area (Å²) in [6.07, 6.45) is 9.62. The molecule has 13 heteroatoms. The molecule has 1 aromatic rings. The van der Waals surface area contributed by atoms with Gasteiger partial charge in [-0.15, -0.1) is 0 Å². The molecule has 0 spiro atoms. The van der Waals surface area contributed by atoms with Crippen LogP contribution in [0.2, 0.25) is 0 Å². The number of ether oxygens (including phenoxy) is 1. The van der Waals surface area contributed by atoms with Gasteiger partial charge in [0.1, 0.15) is 11.5 Å². The molecule has 1 saturated heterocycles. The number of nitrogens with zero attached hydrogens (tertiary/aromatic N) is 2. The number of hydrazine groups is 1. The number of ketones is 1. The van der Waals surface area contributed by atoms with E-state index in [1.54, 1.807) is 0 Å². The van der Waals surface area contributed by atoms with Gasteiger partial charge in [0.05, 0.1) is 24.3 Å². The number of unbranched alkanes of at least 4 members (excludes halogenated alkanes) is 4. The van der Waals surface area contributed by atoms with Crippen LogP contribution in [0.25, 0.3) is 0 Å². The third-order valence-electron chi connectivity index (χ3n) is 11.2. The molecule has 6 atom stereocenters. The number of nitrogens with one attached hydrogen (secondary N) is 2. The van der Waals surface area contributed by atoms with Crippen molar-refractivity contribution in [2.24, 2.45) is 39.8 Å². The van der Waals surface area contributed by atoms with Crippen molar-refractivity contribution in [2.75, 3.05) is 13.2 Å². The van der Waals surface area contributed by atoms with Crippen LogP contribution in [0.15, 0.2) is 29.3 Å². The molecule has 3 saturated carbocycles. The first-order valence-corrected chi connectivity index (χ1v) is 18.8. The lowest BCUT2D eigenvalue weighted by Gasteiger charge is -2.64. The third kappa shape index (κ3) is 11.4. The first-order valence-electron chi connectivity index (χ1n) is 18.8. The molecule has 1 heterocycles. The molecular weight excluding hydrogens is 649 g/mol. The Morgan fingerprint density at radius 2 is 1.82 bits per heavy atom. The molecule has 12 nitrogen and oxygen atoms in total. The van der Waals surface area contributed by atoms with Crippen LogP contribution in [0.4, 0.5) is 0 Å². The molecule has 4 N–H and O–H groups in total. The highest BCUT2D eigenvalue weighted by Crippen LogP contribution is 2.65. The zero-order valence-corrected chi connectivity index (χ0v) is 31.1. The SMILES string of the molecule is C.CCCCCCCOc1ccc(CC(=O)C[C@@H](CCCN=C(N)N[N+](=O)[O-])C(=O)N[C@@H](CC(C)C)B2O[C@@H]3C[C@@H]4C[C@@H](C4(C)C)[C@]3(C)O2)cc1. The Labute approximate surface area is 306 Å². The summed E-state index contributed by atoms with van der Waals surface area (Å²) in [7, 11) is -0.572. The molecule has 0 unspecified atom stereocenters. The minimum absolute atomic E-state index is 0. The molecule has 1 aliphatic heterocycles. The highest BCUT2D eigenvalue weighted by atomic mass is 16.7. The van der Waals surface area contributed by atoms with Crippen LogP contribution < -0.4 is 21.2 Å². The quantitative estimate of drug-likeness (QED) is 0.0323. The number of hydrogen-bond donors (Lipinski definition) is 3. The lowest BCUT2D eigenvalue weighted by atomic mass is 9.43. The van der Waals surface area contributed by atoms with Crippen LogP contribution in [0.3, 0.4) is 0 Å². The predicted molar refractivity (Wildman–Crippen MR) is 202 cm³/mol. The maximum atomic E-state index is 14.0. The van der Waals surface area contributed by atoms with Crippen LogP contribution in [0.1, 0.15) is 125 Å². The normalized spacial score (nSPS) is 24.5. The molecule has 0 aromatic heterocycles. The smallest absolute Gasteiger partial charge is 0.481 e. The van der Waals surface area contributed by atoms with Gasteiger partial charge in [-0.1, -0.05) is 85.3 Å². The maximum Gasteiger partial charge on any atom is 0.481 e. The van der Waals surface area contributed by atoms with E-state index >= 15 is 0 Å². The van der Waals surface area contributed by atoms with Gasteiger partial charge in [0.2, 0.25) is 5.91 Å². The number of aliphatic imine (C=N–C) groups is 1. The minimum Gasteiger partial charge on any atom is -0.494 e. The van der Waals surface area contributed by atoms with E-state index in [1.807, 2.05) is 29.7 Å². The molecule has 286 valence electrons. The fraction of sp³-hybridized carbons (Fsp3) is 0.763. The average Bonchev–Trinajstić information content (AvgIpc) is 3.41. The predicted octanol–water partition coefficient (Wildman–Crippen LogP) is 6.46. The van der Waals surface area contributed by atoms with Crippen molar-refractivity contribution in [1.29, 1.82) is 0 Å². The number of rotatable bonds is 21. The Bertz CT molecular complexity index is 1330. The van der Waals surface area contributed by atoms with Gasteiger partial charge in [-0.25, -0.2) is 15.1 Å². The van der Waals surface area contributed by atoms with E-state index < -0.39 is 23.7 Å². The molecule has 3 aliphatic carbocycles. The Morgan fingerprint density at radius 3 is 2.47 bits per heavy atom. The van der Waals surface area contributed by atoms with Crippen molar-refractivity contribution in [1.82, 2.24) is 10.7 Å². The van der Waals surface area contributed by atoms with Crippen LogP contribution in [0.5, 0.6) is 5.75 Å². The van der Waals surface area contributed by atoms with Gasteiger partial charge in [0.15, 0.2) is 5.03 Å². The molecular formula is C38H64BN5O7. The van der Waals surface area contributed by atoms with E-state index in [4.69, 9.17) is 19.8 Å². The highest BCUT2D eigenvalue weighted by molar-refractivity contribution is 6.47. The number of carbonyl (C=O) groups excluding carboxylic acids is 2. The molecule has 4 aliphatic rings. The summed E-state index contributed by atoms with van der Waals surface area (Å²) in [4.78, 5) is 42.1. The zero-order chi connectivity index (χ0) is 36.5. The van der Waals surface area contributed by atoms with Crippen LogP contribution >= 0.6 is 0 Å². The second-order valence-electron chi connectivity index (χ2n) is 15.9. The van der Waals surface area contributed by atoms with Crippen LogP contribution in [-0.4, -0.2) is 60.6 Å². The number of carbonyl (C=O) groups is 2. The van der Waals surface area contributed by atoms with E-state index in [2.05, 4.69) is 51.9 Å². The van der Waals surface area contributed by atoms with Crippen molar-refractivity contribution in [3.63, 3.8) is 0 Å². The number of nitro groups is 1. The molecule has 51 heavy (non-hydrogen) atoms. The number of guanidine groups is 1. The number of amides is 1. The van der Waals surface area contributed by atoms with E-state index in [-0.39, 0.29) is 67.8 Å². The molecule has 5 rings (SSSR count). The number of benzene rings is 1. The fourth-order valence-electron chi connectivity index (χ4n) is 8.28. The van der Waals surface area contributed by atoms with Crippen molar-refractivity contribution >= 4 is 24.8 Å². The minimum atomic E-state index is -0.774. The van der Waals surface area contributed by atoms with Crippen molar-refractivity contribution < 1.29 is 28.7 Å². The summed E-state index contributed by atoms with van der Waals surface area (Å²) in [5.41, 5.74) is 8.07. The van der Waals surface area contributed by atoms with Gasteiger partial charge in [0, 0.05) is 25.3 Å². The van der Waals surface area contributed by atoms with E-state index in [0.717, 1.165) is 37.0 Å². The summed E-state index contributed by atoms with van der Waals surface area (Å²) in [5, 5.41) is 13.1. The van der Waals surface area contributed by atoms with Gasteiger partial charge >= 0.3 is 7.12 Å². The van der Waals surface area contributed by atoms with Gasteiger partial charge in [-0.05, 0) is 86.3 Å². The number of Topliss-reactive ketones (excluding diaryl/α,β-unsaturated/α-hetero) is 1. The first kappa shape index (κ1) is 42.2.